The summed E-state index contributed by atoms with van der Waals surface area (Å²) in [6, 6.07) is 41.5. The molecule has 0 N–H and O–H groups in total. The van der Waals surface area contributed by atoms with Crippen molar-refractivity contribution in [2.24, 2.45) is 0 Å². The van der Waals surface area contributed by atoms with Gasteiger partial charge < -0.3 is 9.13 Å². The second-order valence-corrected chi connectivity index (χ2v) is 11.1. The van der Waals surface area contributed by atoms with E-state index < -0.39 is 0 Å². The van der Waals surface area contributed by atoms with Crippen LogP contribution in [0.5, 0.6) is 0 Å². The van der Waals surface area contributed by atoms with Crippen molar-refractivity contribution in [3.05, 3.63) is 140 Å². The van der Waals surface area contributed by atoms with Gasteiger partial charge in [-0.2, -0.15) is 0 Å². The zero-order valence-electron chi connectivity index (χ0n) is 23.0. The van der Waals surface area contributed by atoms with Crippen LogP contribution in [0.4, 0.5) is 0 Å². The Hall–Kier alpha value is -5.94. The highest BCUT2D eigenvalue weighted by atomic mass is 15.0. The third-order valence-electron chi connectivity index (χ3n) is 8.96. The molecule has 43 heavy (non-hydrogen) atoms. The van der Waals surface area contributed by atoms with Gasteiger partial charge in [0.1, 0.15) is 5.65 Å². The number of pyridine rings is 2. The van der Waals surface area contributed by atoms with E-state index in [1.807, 2.05) is 24.8 Å². The maximum absolute atomic E-state index is 4.81. The van der Waals surface area contributed by atoms with Crippen LogP contribution in [0.3, 0.4) is 0 Å². The topological polar surface area (TPSA) is 40.1 Å². The molecule has 0 unspecified atom stereocenters. The SMILES string of the molecule is c1ccc(-n2c3ccccc3c3cc4c(cc32)c2c3c5ccncc5n5ccnc5c3ccc2n4-c2ccccc2)cc1. The second kappa shape index (κ2) is 8.30. The first-order chi connectivity index (χ1) is 21.4. The molecule has 0 aliphatic carbocycles. The van der Waals surface area contributed by atoms with Gasteiger partial charge >= 0.3 is 0 Å². The van der Waals surface area contributed by atoms with Crippen LogP contribution < -0.4 is 0 Å². The van der Waals surface area contributed by atoms with Gasteiger partial charge in [0.2, 0.25) is 0 Å². The van der Waals surface area contributed by atoms with Crippen molar-refractivity contribution >= 4 is 70.9 Å². The zero-order chi connectivity index (χ0) is 28.1. The summed E-state index contributed by atoms with van der Waals surface area (Å²) in [5.41, 5.74) is 9.03. The molecule has 10 rings (SSSR count). The average Bonchev–Trinajstić information content (AvgIpc) is 3.77. The minimum Gasteiger partial charge on any atom is -0.309 e. The third kappa shape index (κ3) is 2.95. The van der Waals surface area contributed by atoms with E-state index in [1.165, 1.54) is 49.0 Å². The smallest absolute Gasteiger partial charge is 0.145 e. The van der Waals surface area contributed by atoms with Gasteiger partial charge in [0.05, 0.1) is 33.8 Å². The lowest BCUT2D eigenvalue weighted by molar-refractivity contribution is 1.17. The Bertz CT molecular complexity index is 2710. The highest BCUT2D eigenvalue weighted by Crippen LogP contribution is 2.44. The van der Waals surface area contributed by atoms with Crippen LogP contribution >= 0.6 is 0 Å². The van der Waals surface area contributed by atoms with E-state index in [2.05, 4.69) is 134 Å². The summed E-state index contributed by atoms with van der Waals surface area (Å²) in [4.78, 5) is 9.30. The Morgan fingerprint density at radius 3 is 1.95 bits per heavy atom. The molecule has 10 aromatic rings. The summed E-state index contributed by atoms with van der Waals surface area (Å²) >= 11 is 0. The van der Waals surface area contributed by atoms with E-state index in [0.29, 0.717) is 0 Å². The molecule has 0 saturated heterocycles. The molecule has 0 aliphatic heterocycles. The Kier molecular flexibility index (Phi) is 4.39. The maximum Gasteiger partial charge on any atom is 0.145 e. The zero-order valence-corrected chi connectivity index (χ0v) is 23.0. The van der Waals surface area contributed by atoms with E-state index >= 15 is 0 Å². The molecule has 0 radical (unpaired) electrons. The molecule has 200 valence electrons. The standard InChI is InChI=1S/C38H23N5/c1-3-9-24(10-4-1)42-31-14-8-7-13-26(31)29-21-34-30(22-33(29)42)37-32(43(34)25-11-5-2-6-12-25)16-15-28-36(37)27-17-18-39-23-35(27)41-20-19-40-38(28)41/h1-23H. The van der Waals surface area contributed by atoms with Crippen molar-refractivity contribution in [2.75, 3.05) is 0 Å². The first-order valence-corrected chi connectivity index (χ1v) is 14.5. The highest BCUT2D eigenvalue weighted by Gasteiger charge is 2.22. The quantitative estimate of drug-likeness (QED) is 0.202. The molecule has 0 spiro atoms. The van der Waals surface area contributed by atoms with Crippen LogP contribution in [0.1, 0.15) is 0 Å². The molecule has 0 fully saturated rings. The first-order valence-electron chi connectivity index (χ1n) is 14.5. The molecule has 5 aromatic carbocycles. The third-order valence-corrected chi connectivity index (χ3v) is 8.96. The highest BCUT2D eigenvalue weighted by molar-refractivity contribution is 6.31. The number of hydrogen-bond acceptors (Lipinski definition) is 2. The van der Waals surface area contributed by atoms with E-state index in [9.17, 15) is 0 Å². The fourth-order valence-corrected chi connectivity index (χ4v) is 7.23. The number of fused-ring (bicyclic) bond motifs is 13. The van der Waals surface area contributed by atoms with Crippen LogP contribution in [0.25, 0.3) is 82.3 Å². The van der Waals surface area contributed by atoms with Gasteiger partial charge in [-0.3, -0.25) is 9.38 Å². The average molecular weight is 550 g/mol. The van der Waals surface area contributed by atoms with Gasteiger partial charge in [-0.1, -0.05) is 54.6 Å². The lowest BCUT2D eigenvalue weighted by Crippen LogP contribution is -1.94. The molecule has 5 heteroatoms. The lowest BCUT2D eigenvalue weighted by Gasteiger charge is -2.11. The van der Waals surface area contributed by atoms with Gasteiger partial charge in [0, 0.05) is 67.7 Å². The van der Waals surface area contributed by atoms with Gasteiger partial charge in [0.15, 0.2) is 0 Å². The monoisotopic (exact) mass is 549 g/mol. The van der Waals surface area contributed by atoms with Gasteiger partial charge in [0.25, 0.3) is 0 Å². The molecule has 0 amide bonds. The normalized spacial score (nSPS) is 12.2. The number of hydrogen-bond donors (Lipinski definition) is 0. The Morgan fingerprint density at radius 1 is 0.442 bits per heavy atom. The van der Waals surface area contributed by atoms with Gasteiger partial charge in [-0.15, -0.1) is 0 Å². The van der Waals surface area contributed by atoms with Crippen molar-refractivity contribution in [2.45, 2.75) is 0 Å². The molecular weight excluding hydrogens is 526 g/mol. The summed E-state index contributed by atoms with van der Waals surface area (Å²) in [7, 11) is 0. The minimum atomic E-state index is 0.942. The van der Waals surface area contributed by atoms with Crippen molar-refractivity contribution in [1.82, 2.24) is 23.5 Å². The van der Waals surface area contributed by atoms with Crippen LogP contribution in [-0.4, -0.2) is 23.5 Å². The van der Waals surface area contributed by atoms with E-state index in [1.54, 1.807) is 0 Å². The fraction of sp³-hybridized carbons (Fsp3) is 0. The van der Waals surface area contributed by atoms with E-state index in [0.717, 1.165) is 33.3 Å². The Labute approximate surface area is 245 Å². The number of benzene rings is 5. The molecule has 0 aliphatic rings. The van der Waals surface area contributed by atoms with Crippen molar-refractivity contribution < 1.29 is 0 Å². The minimum absolute atomic E-state index is 0.942. The summed E-state index contributed by atoms with van der Waals surface area (Å²) < 4.78 is 6.97. The van der Waals surface area contributed by atoms with Crippen molar-refractivity contribution in [3.8, 4) is 11.4 Å². The van der Waals surface area contributed by atoms with Crippen LogP contribution in [0.2, 0.25) is 0 Å². The van der Waals surface area contributed by atoms with Gasteiger partial charge in [-0.25, -0.2) is 4.98 Å². The van der Waals surface area contributed by atoms with E-state index in [-0.39, 0.29) is 0 Å². The van der Waals surface area contributed by atoms with Crippen LogP contribution in [0.15, 0.2) is 140 Å². The predicted octanol–water partition coefficient (Wildman–Crippen LogP) is 9.23. The second-order valence-electron chi connectivity index (χ2n) is 11.1. The predicted molar refractivity (Wildman–Crippen MR) is 177 cm³/mol. The maximum atomic E-state index is 4.81. The first kappa shape index (κ1) is 22.7. The Morgan fingerprint density at radius 2 is 1.14 bits per heavy atom. The summed E-state index contributed by atoms with van der Waals surface area (Å²) in [5.74, 6) is 0. The summed E-state index contributed by atoms with van der Waals surface area (Å²) in [6.45, 7) is 0. The fourth-order valence-electron chi connectivity index (χ4n) is 7.23. The number of imidazole rings is 1. The number of rotatable bonds is 2. The molecule has 5 heterocycles. The van der Waals surface area contributed by atoms with Gasteiger partial charge in [-0.05, 0) is 60.7 Å². The lowest BCUT2D eigenvalue weighted by atomic mass is 10.0. The Balaban J connectivity index is 1.50. The van der Waals surface area contributed by atoms with Crippen molar-refractivity contribution in [1.29, 1.82) is 0 Å². The largest absolute Gasteiger partial charge is 0.309 e. The molecular formula is C38H23N5. The van der Waals surface area contributed by atoms with Crippen molar-refractivity contribution in [3.63, 3.8) is 0 Å². The summed E-state index contributed by atoms with van der Waals surface area (Å²) in [6.07, 6.45) is 7.74. The molecule has 5 nitrogen and oxygen atoms in total. The summed E-state index contributed by atoms with van der Waals surface area (Å²) in [5, 5.41) is 8.42. The molecule has 5 aromatic heterocycles. The number of para-hydroxylation sites is 3. The number of nitrogens with zero attached hydrogens (tertiary/aromatic N) is 5. The molecule has 0 atom stereocenters. The number of aromatic nitrogens is 5. The van der Waals surface area contributed by atoms with Crippen LogP contribution in [0, 0.1) is 0 Å². The molecule has 0 bridgehead atoms. The van der Waals surface area contributed by atoms with E-state index in [4.69, 9.17) is 4.98 Å². The van der Waals surface area contributed by atoms with Crippen LogP contribution in [-0.2, 0) is 0 Å². The molecule has 0 saturated carbocycles.